The van der Waals surface area contributed by atoms with Crippen LogP contribution in [0.4, 0.5) is 0 Å². The zero-order chi connectivity index (χ0) is 7.11. The molecule has 0 aromatic carbocycles. The molecule has 0 bridgehead atoms. The van der Waals surface area contributed by atoms with Gasteiger partial charge in [-0.05, 0) is 6.92 Å². The Hall–Kier alpha value is -0.200. The fourth-order valence-corrected chi connectivity index (χ4v) is 0.322. The Morgan fingerprint density at radius 1 is 1.33 bits per heavy atom. The van der Waals surface area contributed by atoms with E-state index in [9.17, 15) is 0 Å². The van der Waals surface area contributed by atoms with Crippen LogP contribution in [-0.4, -0.2) is 35.6 Å². The van der Waals surface area contributed by atoms with Crippen molar-refractivity contribution in [1.29, 1.82) is 0 Å². The van der Waals surface area contributed by atoms with Gasteiger partial charge >= 0.3 is 0 Å². The maximum absolute atomic E-state index is 7.96. The molecular weight excluding hydrogens is 126 g/mol. The third kappa shape index (κ3) is 7.80. The molecule has 2 N–H and O–H groups in total. The van der Waals surface area contributed by atoms with Crippen LogP contribution in [0, 0.1) is 0 Å². The van der Waals surface area contributed by atoms with Gasteiger partial charge in [-0.25, -0.2) is 4.84 Å². The smallest absolute Gasteiger partial charge is 0.0969 e. The first-order valence-electron chi connectivity index (χ1n) is 2.66. The fraction of sp³-hybridized carbons (Fsp3) is 1.00. The second kappa shape index (κ2) is 5.93. The molecule has 5 heteroatoms. The first-order chi connectivity index (χ1) is 4.27. The molecule has 0 rings (SSSR count). The van der Waals surface area contributed by atoms with Crippen LogP contribution in [0.25, 0.3) is 0 Å². The number of nitrogens with zero attached hydrogens (tertiary/aromatic N) is 1. The molecule has 0 saturated carbocycles. The molecule has 0 amide bonds. The minimum Gasteiger partial charge on any atom is -0.379 e. The standard InChI is InChI=1S/C4H11NO4/c1-2-8-3-4-9-5(6)7/h6-7H,2-4H2,1H3. The average Bonchev–Trinajstić information content (AvgIpc) is 1.80. The normalized spacial score (nSPS) is 10.7. The molecule has 0 aliphatic heterocycles. The molecule has 56 valence electrons. The van der Waals surface area contributed by atoms with E-state index in [1.54, 1.807) is 0 Å². The molecule has 9 heavy (non-hydrogen) atoms. The topological polar surface area (TPSA) is 62.2 Å². The van der Waals surface area contributed by atoms with Crippen LogP contribution in [0.5, 0.6) is 0 Å². The lowest BCUT2D eigenvalue weighted by Gasteiger charge is -2.04. The summed E-state index contributed by atoms with van der Waals surface area (Å²) in [6.07, 6.45) is 0. The lowest BCUT2D eigenvalue weighted by molar-refractivity contribution is -0.493. The van der Waals surface area contributed by atoms with Crippen LogP contribution in [-0.2, 0) is 9.57 Å². The van der Waals surface area contributed by atoms with Gasteiger partial charge in [-0.2, -0.15) is 0 Å². The first-order valence-corrected chi connectivity index (χ1v) is 2.66. The van der Waals surface area contributed by atoms with Gasteiger partial charge in [0, 0.05) is 6.61 Å². The third-order valence-corrected chi connectivity index (χ3v) is 0.639. The first kappa shape index (κ1) is 8.80. The van der Waals surface area contributed by atoms with Gasteiger partial charge in [0.25, 0.3) is 0 Å². The van der Waals surface area contributed by atoms with Crippen molar-refractivity contribution in [3.05, 3.63) is 0 Å². The van der Waals surface area contributed by atoms with Gasteiger partial charge in [-0.3, -0.25) is 10.4 Å². The average molecular weight is 137 g/mol. The van der Waals surface area contributed by atoms with Gasteiger partial charge in [0.1, 0.15) is 0 Å². The highest BCUT2D eigenvalue weighted by Crippen LogP contribution is 1.78. The molecule has 0 radical (unpaired) electrons. The second-order valence-electron chi connectivity index (χ2n) is 1.28. The van der Waals surface area contributed by atoms with Crippen molar-refractivity contribution in [3.63, 3.8) is 0 Å². The van der Waals surface area contributed by atoms with Crippen LogP contribution >= 0.6 is 0 Å². The maximum Gasteiger partial charge on any atom is 0.0969 e. The molecule has 0 heterocycles. The number of rotatable bonds is 5. The summed E-state index contributed by atoms with van der Waals surface area (Å²) in [5.41, 5.74) is 0. The summed E-state index contributed by atoms with van der Waals surface area (Å²) in [4.78, 5) is 4.16. The van der Waals surface area contributed by atoms with Gasteiger partial charge in [-0.1, -0.05) is 0 Å². The van der Waals surface area contributed by atoms with Crippen molar-refractivity contribution >= 4 is 0 Å². The third-order valence-electron chi connectivity index (χ3n) is 0.639. The summed E-state index contributed by atoms with van der Waals surface area (Å²) < 4.78 is 4.81. The molecular formula is C4H11NO4. The van der Waals surface area contributed by atoms with Crippen LogP contribution in [0.1, 0.15) is 6.92 Å². The highest BCUT2D eigenvalue weighted by molar-refractivity contribution is 4.21. The minimum atomic E-state index is -0.334. The second-order valence-corrected chi connectivity index (χ2v) is 1.28. The van der Waals surface area contributed by atoms with Gasteiger partial charge in [-0.15, -0.1) is 0 Å². The summed E-state index contributed by atoms with van der Waals surface area (Å²) >= 11 is 0. The van der Waals surface area contributed by atoms with Crippen molar-refractivity contribution in [1.82, 2.24) is 5.39 Å². The molecule has 0 fully saturated rings. The predicted octanol–water partition coefficient (Wildman–Crippen LogP) is 0.0349. The SMILES string of the molecule is CCOCCON(O)O. The summed E-state index contributed by atoms with van der Waals surface area (Å²) in [6, 6.07) is 0. The van der Waals surface area contributed by atoms with E-state index in [4.69, 9.17) is 15.2 Å². The molecule has 0 spiro atoms. The zero-order valence-corrected chi connectivity index (χ0v) is 5.28. The minimum absolute atomic E-state index is 0.140. The summed E-state index contributed by atoms with van der Waals surface area (Å²) in [7, 11) is 0. The van der Waals surface area contributed by atoms with E-state index in [1.165, 1.54) is 0 Å². The molecule has 0 aliphatic rings. The Labute approximate surface area is 53.3 Å². The van der Waals surface area contributed by atoms with Gasteiger partial charge < -0.3 is 4.74 Å². The zero-order valence-electron chi connectivity index (χ0n) is 5.28. The Kier molecular flexibility index (Phi) is 5.80. The van der Waals surface area contributed by atoms with Crippen LogP contribution in [0.15, 0.2) is 0 Å². The van der Waals surface area contributed by atoms with Gasteiger partial charge in [0.15, 0.2) is 0 Å². The highest BCUT2D eigenvalue weighted by Gasteiger charge is 1.91. The predicted molar refractivity (Wildman–Crippen MR) is 27.9 cm³/mol. The van der Waals surface area contributed by atoms with Crippen molar-refractivity contribution in [2.24, 2.45) is 0 Å². The van der Waals surface area contributed by atoms with Crippen LogP contribution in [0.3, 0.4) is 0 Å². The molecule has 5 nitrogen and oxygen atoms in total. The highest BCUT2D eigenvalue weighted by atomic mass is 17.1. The van der Waals surface area contributed by atoms with E-state index in [0.717, 1.165) is 0 Å². The number of hydrogen-bond acceptors (Lipinski definition) is 5. The lowest BCUT2D eigenvalue weighted by atomic mass is 10.7. The molecule has 0 unspecified atom stereocenters. The van der Waals surface area contributed by atoms with E-state index < -0.39 is 0 Å². The molecule has 0 aromatic rings. The van der Waals surface area contributed by atoms with E-state index in [0.29, 0.717) is 13.2 Å². The molecule has 0 aliphatic carbocycles. The van der Waals surface area contributed by atoms with E-state index >= 15 is 0 Å². The molecule has 0 saturated heterocycles. The number of ether oxygens (including phenoxy) is 1. The molecule has 0 atom stereocenters. The van der Waals surface area contributed by atoms with Gasteiger partial charge in [0.05, 0.1) is 18.6 Å². The van der Waals surface area contributed by atoms with Crippen molar-refractivity contribution in [2.75, 3.05) is 19.8 Å². The Bertz CT molecular complexity index is 58.5. The summed E-state index contributed by atoms with van der Waals surface area (Å²) in [5.74, 6) is 0. The summed E-state index contributed by atoms with van der Waals surface area (Å²) in [5, 5.41) is 15.6. The van der Waals surface area contributed by atoms with Gasteiger partial charge in [0.2, 0.25) is 0 Å². The van der Waals surface area contributed by atoms with Crippen molar-refractivity contribution in [3.8, 4) is 0 Å². The Morgan fingerprint density at radius 2 is 2.00 bits per heavy atom. The van der Waals surface area contributed by atoms with Crippen LogP contribution in [0.2, 0.25) is 0 Å². The van der Waals surface area contributed by atoms with E-state index in [-0.39, 0.29) is 12.0 Å². The van der Waals surface area contributed by atoms with E-state index in [1.807, 2.05) is 6.92 Å². The molecule has 0 aromatic heterocycles. The lowest BCUT2D eigenvalue weighted by Crippen LogP contribution is -2.17. The van der Waals surface area contributed by atoms with Crippen LogP contribution < -0.4 is 0 Å². The monoisotopic (exact) mass is 137 g/mol. The summed E-state index contributed by atoms with van der Waals surface area (Å²) in [6.45, 7) is 2.94. The Balaban J connectivity index is 2.75. The van der Waals surface area contributed by atoms with E-state index in [2.05, 4.69) is 4.84 Å². The largest absolute Gasteiger partial charge is 0.379 e. The Morgan fingerprint density at radius 3 is 2.44 bits per heavy atom. The number of hydrogen-bond donors (Lipinski definition) is 2. The van der Waals surface area contributed by atoms with Crippen molar-refractivity contribution < 1.29 is 20.0 Å². The maximum atomic E-state index is 7.96. The van der Waals surface area contributed by atoms with Crippen molar-refractivity contribution in [2.45, 2.75) is 6.92 Å². The quantitative estimate of drug-likeness (QED) is 0.413. The fourth-order valence-electron chi connectivity index (χ4n) is 0.322.